The Labute approximate surface area is 35.4 Å². The van der Waals surface area contributed by atoms with Crippen molar-refractivity contribution < 1.29 is 14.6 Å². The Kier molecular flexibility index (Phi) is 2.98. The van der Waals surface area contributed by atoms with E-state index in [-0.39, 0.29) is 6.61 Å². The molecule has 0 amide bonds. The number of aliphatic hydroxyl groups excluding tert-OH is 1. The van der Waals surface area contributed by atoms with Gasteiger partial charge in [0.15, 0.2) is 0 Å². The number of rotatable bonds is 2. The van der Waals surface area contributed by atoms with E-state index >= 15 is 0 Å². The van der Waals surface area contributed by atoms with Crippen LogP contribution in [0.15, 0.2) is 0 Å². The summed E-state index contributed by atoms with van der Waals surface area (Å²) in [7, 11) is 0. The quantitative estimate of drug-likeness (QED) is 0.532. The van der Waals surface area contributed by atoms with Crippen LogP contribution < -0.4 is 0 Å². The summed E-state index contributed by atoms with van der Waals surface area (Å²) < 4.78 is 10.7. The van der Waals surface area contributed by atoms with Crippen LogP contribution in [0.25, 0.3) is 0 Å². The first-order valence-electron chi connectivity index (χ1n) is 1.69. The Balaban J connectivity index is 2.75. The third-order valence-corrected chi connectivity index (χ3v) is 0.409. The van der Waals surface area contributed by atoms with Crippen molar-refractivity contribution in [2.24, 2.45) is 0 Å². The molecule has 6 heavy (non-hydrogen) atoms. The van der Waals surface area contributed by atoms with E-state index in [1.54, 1.807) is 0 Å². The molecule has 1 N–H and O–H groups in total. The predicted molar refractivity (Wildman–Crippen MR) is 18.7 cm³/mol. The van der Waals surface area contributed by atoms with E-state index in [9.17, 15) is 4.53 Å². The zero-order valence-corrected chi connectivity index (χ0v) is 3.52. The van der Waals surface area contributed by atoms with Crippen LogP contribution in [0.2, 0.25) is 0 Å². The lowest BCUT2D eigenvalue weighted by molar-refractivity contribution is -0.182. The Morgan fingerprint density at radius 3 is 2.50 bits per heavy atom. The molecular formula is C3H7FO2. The smallest absolute Gasteiger partial charge is 0.118 e. The molecule has 0 spiro atoms. The summed E-state index contributed by atoms with van der Waals surface area (Å²) in [4.78, 5) is 3.15. The third kappa shape index (κ3) is 2.11. The minimum absolute atomic E-state index is 0.267. The first-order chi connectivity index (χ1) is 2.81. The van der Waals surface area contributed by atoms with Crippen molar-refractivity contribution >= 4 is 0 Å². The molecule has 3 heteroatoms. The molecular weight excluding hydrogens is 87.0 g/mol. The highest BCUT2D eigenvalue weighted by atomic mass is 19.3. The maximum Gasteiger partial charge on any atom is 0.118 e. The first kappa shape index (κ1) is 5.85. The lowest BCUT2D eigenvalue weighted by atomic mass is 10.5. The molecule has 0 radical (unpaired) electrons. The van der Waals surface area contributed by atoms with Gasteiger partial charge in [0, 0.05) is 0 Å². The van der Waals surface area contributed by atoms with E-state index in [0.29, 0.717) is 0 Å². The second-order valence-electron chi connectivity index (χ2n) is 1.08. The van der Waals surface area contributed by atoms with Gasteiger partial charge >= 0.3 is 0 Å². The number of halogens is 1. The highest BCUT2D eigenvalue weighted by Gasteiger charge is 1.94. The normalized spacial score (nSPS) is 14.5. The average Bonchev–Trinajstić information content (AvgIpc) is 1.65. The van der Waals surface area contributed by atoms with Crippen LogP contribution in [0, 0.1) is 0 Å². The van der Waals surface area contributed by atoms with E-state index in [1.165, 1.54) is 6.92 Å². The van der Waals surface area contributed by atoms with Gasteiger partial charge in [-0.25, -0.2) is 0 Å². The Morgan fingerprint density at radius 1 is 2.00 bits per heavy atom. The van der Waals surface area contributed by atoms with Gasteiger partial charge in [-0.1, -0.05) is 0 Å². The molecule has 0 rings (SSSR count). The van der Waals surface area contributed by atoms with Crippen molar-refractivity contribution in [1.29, 1.82) is 0 Å². The summed E-state index contributed by atoms with van der Waals surface area (Å²) in [5.74, 6) is 0. The molecule has 2 nitrogen and oxygen atoms in total. The molecule has 0 aromatic heterocycles. The maximum absolute atomic E-state index is 10.7. The van der Waals surface area contributed by atoms with E-state index in [4.69, 9.17) is 5.11 Å². The number of aliphatic hydroxyl groups is 1. The second kappa shape index (κ2) is 3.06. The molecule has 1 atom stereocenters. The molecule has 0 saturated heterocycles. The van der Waals surface area contributed by atoms with Gasteiger partial charge in [0.1, 0.15) is 6.10 Å². The third-order valence-electron chi connectivity index (χ3n) is 0.409. The number of hydrogen-bond acceptors (Lipinski definition) is 2. The average molecular weight is 94.1 g/mol. The van der Waals surface area contributed by atoms with E-state index in [0.717, 1.165) is 0 Å². The molecule has 0 aromatic rings. The van der Waals surface area contributed by atoms with E-state index < -0.39 is 6.10 Å². The van der Waals surface area contributed by atoms with Crippen molar-refractivity contribution in [3.63, 3.8) is 0 Å². The van der Waals surface area contributed by atoms with Crippen LogP contribution in [-0.4, -0.2) is 17.8 Å². The summed E-state index contributed by atoms with van der Waals surface area (Å²) in [6.45, 7) is 1.16. The first-order valence-corrected chi connectivity index (χ1v) is 1.69. The van der Waals surface area contributed by atoms with Crippen LogP contribution in [0.4, 0.5) is 4.53 Å². The molecule has 0 heterocycles. The molecule has 38 valence electrons. The lowest BCUT2D eigenvalue weighted by Gasteiger charge is -1.94. The summed E-state index contributed by atoms with van der Waals surface area (Å²) in [6.07, 6.45) is -0.676. The van der Waals surface area contributed by atoms with Gasteiger partial charge in [-0.15, -0.1) is 0 Å². The summed E-state index contributed by atoms with van der Waals surface area (Å²) in [6, 6.07) is 0. The van der Waals surface area contributed by atoms with Crippen LogP contribution >= 0.6 is 0 Å². The molecule has 0 fully saturated rings. The van der Waals surface area contributed by atoms with Gasteiger partial charge in [0.25, 0.3) is 0 Å². The molecule has 0 bridgehead atoms. The topological polar surface area (TPSA) is 29.5 Å². The van der Waals surface area contributed by atoms with Gasteiger partial charge < -0.3 is 5.11 Å². The monoisotopic (exact) mass is 94.0 g/mol. The van der Waals surface area contributed by atoms with Crippen molar-refractivity contribution in [2.75, 3.05) is 6.61 Å². The molecule has 0 aliphatic carbocycles. The Hall–Kier alpha value is -0.150. The van der Waals surface area contributed by atoms with Crippen molar-refractivity contribution in [3.05, 3.63) is 0 Å². The highest BCUT2D eigenvalue weighted by molar-refractivity contribution is 4.36. The van der Waals surface area contributed by atoms with Crippen LogP contribution in [0.3, 0.4) is 0 Å². The van der Waals surface area contributed by atoms with Crippen molar-refractivity contribution in [1.82, 2.24) is 0 Å². The molecule has 0 saturated carbocycles. The van der Waals surface area contributed by atoms with Gasteiger partial charge in [-0.2, -0.15) is 4.94 Å². The summed E-state index contributed by atoms with van der Waals surface area (Å²) in [5, 5.41) is 7.97. The standard InChI is InChI=1S/C3H7FO2/c1-3(2-5)6-4/h3,5H,2H2,1H3. The minimum atomic E-state index is -0.676. The maximum atomic E-state index is 10.7. The molecule has 0 aromatic carbocycles. The van der Waals surface area contributed by atoms with E-state index in [1.807, 2.05) is 0 Å². The lowest BCUT2D eigenvalue weighted by Crippen LogP contribution is -2.06. The zero-order chi connectivity index (χ0) is 4.99. The Morgan fingerprint density at radius 2 is 2.50 bits per heavy atom. The molecule has 0 aliphatic rings. The zero-order valence-electron chi connectivity index (χ0n) is 3.52. The SMILES string of the molecule is CC(CO)OF. The van der Waals surface area contributed by atoms with Crippen molar-refractivity contribution in [3.8, 4) is 0 Å². The summed E-state index contributed by atoms with van der Waals surface area (Å²) in [5.41, 5.74) is 0. The van der Waals surface area contributed by atoms with Gasteiger partial charge in [0.05, 0.1) is 6.61 Å². The van der Waals surface area contributed by atoms with Crippen LogP contribution in [0.5, 0.6) is 0 Å². The fourth-order valence-electron chi connectivity index (χ4n) is 0.0282. The summed E-state index contributed by atoms with van der Waals surface area (Å²) >= 11 is 0. The van der Waals surface area contributed by atoms with Crippen LogP contribution in [-0.2, 0) is 4.94 Å². The number of hydrogen-bond donors (Lipinski definition) is 1. The fourth-order valence-corrected chi connectivity index (χ4v) is 0.0282. The van der Waals surface area contributed by atoms with Gasteiger partial charge in [0.2, 0.25) is 0 Å². The van der Waals surface area contributed by atoms with Crippen molar-refractivity contribution in [2.45, 2.75) is 13.0 Å². The van der Waals surface area contributed by atoms with Gasteiger partial charge in [-0.3, -0.25) is 0 Å². The molecule has 0 aliphatic heterocycles. The minimum Gasteiger partial charge on any atom is -0.394 e. The van der Waals surface area contributed by atoms with E-state index in [2.05, 4.69) is 4.94 Å². The molecule has 1 unspecified atom stereocenters. The van der Waals surface area contributed by atoms with Gasteiger partial charge in [-0.05, 0) is 11.4 Å². The van der Waals surface area contributed by atoms with Crippen LogP contribution in [0.1, 0.15) is 6.92 Å². The largest absolute Gasteiger partial charge is 0.394 e. The predicted octanol–water partition coefficient (Wildman–Crippen LogP) is 0.268. The Bertz CT molecular complexity index is 28.0. The fraction of sp³-hybridized carbons (Fsp3) is 1.00. The second-order valence-corrected chi connectivity index (χ2v) is 1.08. The highest BCUT2D eigenvalue weighted by Crippen LogP contribution is 1.85.